The number of ether oxygens (including phenoxy) is 1. The minimum absolute atomic E-state index is 0.0885. The molecule has 0 bridgehead atoms. The molecule has 1 aliphatic heterocycles. The van der Waals surface area contributed by atoms with Gasteiger partial charge in [0.25, 0.3) is 11.5 Å². The largest absolute Gasteiger partial charge is 0.481 e. The zero-order valence-electron chi connectivity index (χ0n) is 26.1. The quantitative estimate of drug-likeness (QED) is 0.266. The fourth-order valence-corrected chi connectivity index (χ4v) is 6.70. The lowest BCUT2D eigenvalue weighted by Gasteiger charge is -2.19. The molecule has 12 heteroatoms. The number of nitrogens with zero attached hydrogens (tertiary/aromatic N) is 3. The lowest BCUT2D eigenvalue weighted by atomic mass is 9.96. The number of halogens is 1. The maximum atomic E-state index is 13.1. The highest BCUT2D eigenvalue weighted by molar-refractivity contribution is 6.36. The van der Waals surface area contributed by atoms with Crippen LogP contribution in [0, 0.1) is 12.8 Å². The Morgan fingerprint density at radius 1 is 1.11 bits per heavy atom. The molecule has 238 valence electrons. The molecular weight excluding hydrogens is 608 g/mol. The zero-order valence-corrected chi connectivity index (χ0v) is 26.8. The van der Waals surface area contributed by atoms with E-state index in [1.54, 1.807) is 19.2 Å². The SMILES string of the molecule is COc1nc(-c2cccc(-c3cccc(NC(=O)c4cn(C)c(=O)n(C)c4=O)c3C)c2Cl)cc2c1C(NC[C@@H]1CNC(=O)C1)CC2. The number of amides is 2. The van der Waals surface area contributed by atoms with Gasteiger partial charge in [-0.1, -0.05) is 41.9 Å². The zero-order chi connectivity index (χ0) is 32.7. The van der Waals surface area contributed by atoms with Gasteiger partial charge in [-0.2, -0.15) is 0 Å². The van der Waals surface area contributed by atoms with Crippen molar-refractivity contribution in [1.82, 2.24) is 24.8 Å². The molecular formula is C34H35ClN6O5. The van der Waals surface area contributed by atoms with E-state index in [-0.39, 0.29) is 23.4 Å². The van der Waals surface area contributed by atoms with Gasteiger partial charge in [0.1, 0.15) is 5.56 Å². The second-order valence-corrected chi connectivity index (χ2v) is 12.2. The van der Waals surface area contributed by atoms with Crippen LogP contribution in [0.1, 0.15) is 45.9 Å². The number of methoxy groups -OCH3 is 1. The van der Waals surface area contributed by atoms with Gasteiger partial charge in [-0.3, -0.25) is 19.0 Å². The van der Waals surface area contributed by atoms with Crippen molar-refractivity contribution in [2.75, 3.05) is 25.5 Å². The van der Waals surface area contributed by atoms with Gasteiger partial charge in [-0.15, -0.1) is 0 Å². The average Bonchev–Trinajstić information content (AvgIpc) is 3.66. The van der Waals surface area contributed by atoms with Crippen LogP contribution in [-0.2, 0) is 25.3 Å². The minimum Gasteiger partial charge on any atom is -0.481 e. The van der Waals surface area contributed by atoms with Crippen molar-refractivity contribution in [1.29, 1.82) is 0 Å². The molecule has 11 nitrogen and oxygen atoms in total. The molecule has 2 amide bonds. The molecule has 2 aliphatic rings. The second-order valence-electron chi connectivity index (χ2n) is 11.9. The molecule has 46 heavy (non-hydrogen) atoms. The van der Waals surface area contributed by atoms with Crippen LogP contribution in [0.2, 0.25) is 5.02 Å². The number of aromatic nitrogens is 3. The first-order valence-electron chi connectivity index (χ1n) is 15.1. The highest BCUT2D eigenvalue weighted by Gasteiger charge is 2.30. The predicted molar refractivity (Wildman–Crippen MR) is 176 cm³/mol. The summed E-state index contributed by atoms with van der Waals surface area (Å²) >= 11 is 7.09. The van der Waals surface area contributed by atoms with Gasteiger partial charge in [-0.25, -0.2) is 9.78 Å². The highest BCUT2D eigenvalue weighted by atomic mass is 35.5. The Kier molecular flexibility index (Phi) is 8.54. The van der Waals surface area contributed by atoms with Crippen LogP contribution in [0.15, 0.2) is 58.3 Å². The molecule has 2 atom stereocenters. The number of carbonyl (C=O) groups is 2. The molecule has 4 aromatic rings. The topological polar surface area (TPSA) is 136 Å². The fourth-order valence-electron chi connectivity index (χ4n) is 6.38. The van der Waals surface area contributed by atoms with Gasteiger partial charge in [0.15, 0.2) is 0 Å². The minimum atomic E-state index is -0.674. The summed E-state index contributed by atoms with van der Waals surface area (Å²) < 4.78 is 7.89. The van der Waals surface area contributed by atoms with Crippen LogP contribution < -0.4 is 31.9 Å². The third-order valence-corrected chi connectivity index (χ3v) is 9.31. The Labute approximate surface area is 270 Å². The monoisotopic (exact) mass is 642 g/mol. The van der Waals surface area contributed by atoms with Crippen LogP contribution in [0.4, 0.5) is 5.69 Å². The molecule has 0 spiro atoms. The van der Waals surface area contributed by atoms with Crippen LogP contribution in [-0.4, -0.2) is 46.1 Å². The third kappa shape index (κ3) is 5.72. The Bertz CT molecular complexity index is 2000. The standard InChI is InChI=1S/C34H35ClN6O5/c1-18-21(7-6-10-25(18)38-31(43)24-17-40(2)34(45)41(3)33(24)44)22-8-5-9-23(30(22)35)27-14-20-11-12-26(29(20)32(39-27)46-4)36-15-19-13-28(42)37-16-19/h5-10,14,17,19,26,36H,11-13,15-16H2,1-4H3,(H,37,42)(H,38,43)/t19-,26?/m1/s1. The molecule has 2 aromatic carbocycles. The Balaban J connectivity index is 1.29. The molecule has 1 unspecified atom stereocenters. The maximum absolute atomic E-state index is 13.1. The molecule has 3 heterocycles. The van der Waals surface area contributed by atoms with Crippen molar-refractivity contribution in [3.05, 3.63) is 96.8 Å². The van der Waals surface area contributed by atoms with Crippen molar-refractivity contribution in [3.8, 4) is 28.3 Å². The summed E-state index contributed by atoms with van der Waals surface area (Å²) in [6.45, 7) is 3.30. The molecule has 6 rings (SSSR count). The number of fused-ring (bicyclic) bond motifs is 1. The lowest BCUT2D eigenvalue weighted by molar-refractivity contribution is -0.119. The first-order valence-corrected chi connectivity index (χ1v) is 15.5. The molecule has 1 saturated heterocycles. The molecule has 1 aliphatic carbocycles. The molecule has 0 radical (unpaired) electrons. The van der Waals surface area contributed by atoms with E-state index in [0.29, 0.717) is 35.2 Å². The first-order chi connectivity index (χ1) is 22.1. The summed E-state index contributed by atoms with van der Waals surface area (Å²) in [7, 11) is 4.44. The van der Waals surface area contributed by atoms with E-state index in [2.05, 4.69) is 22.0 Å². The number of nitrogens with one attached hydrogen (secondary N) is 3. The number of rotatable bonds is 8. The van der Waals surface area contributed by atoms with Crippen molar-refractivity contribution >= 4 is 29.1 Å². The number of carbonyl (C=O) groups excluding carboxylic acids is 2. The van der Waals surface area contributed by atoms with Crippen molar-refractivity contribution in [3.63, 3.8) is 0 Å². The summed E-state index contributed by atoms with van der Waals surface area (Å²) in [5.74, 6) is 0.302. The molecule has 2 aromatic heterocycles. The number of hydrogen-bond acceptors (Lipinski definition) is 7. The van der Waals surface area contributed by atoms with Gasteiger partial charge < -0.3 is 25.3 Å². The highest BCUT2D eigenvalue weighted by Crippen LogP contribution is 2.43. The Morgan fingerprint density at radius 2 is 1.85 bits per heavy atom. The van der Waals surface area contributed by atoms with E-state index < -0.39 is 17.2 Å². The van der Waals surface area contributed by atoms with Gasteiger partial charge in [0, 0.05) is 68.2 Å². The second kappa shape index (κ2) is 12.6. The van der Waals surface area contributed by atoms with E-state index in [4.69, 9.17) is 21.3 Å². The predicted octanol–water partition coefficient (Wildman–Crippen LogP) is 3.75. The summed E-state index contributed by atoms with van der Waals surface area (Å²) in [4.78, 5) is 54.4. The summed E-state index contributed by atoms with van der Waals surface area (Å²) in [6.07, 6.45) is 3.55. The van der Waals surface area contributed by atoms with Gasteiger partial charge in [0.05, 0.1) is 17.8 Å². The summed E-state index contributed by atoms with van der Waals surface area (Å²) in [5.41, 5.74) is 5.11. The fraction of sp³-hybridized carbons (Fsp3) is 0.324. The van der Waals surface area contributed by atoms with E-state index in [1.807, 2.05) is 31.2 Å². The Morgan fingerprint density at radius 3 is 2.59 bits per heavy atom. The van der Waals surface area contributed by atoms with E-state index in [1.165, 1.54) is 24.9 Å². The number of benzene rings is 2. The molecule has 0 saturated carbocycles. The first kappa shape index (κ1) is 31.3. The van der Waals surface area contributed by atoms with Gasteiger partial charge >= 0.3 is 5.69 Å². The Hall–Kier alpha value is -4.74. The third-order valence-electron chi connectivity index (χ3n) is 8.91. The van der Waals surface area contributed by atoms with Crippen molar-refractivity contribution in [2.45, 2.75) is 32.2 Å². The average molecular weight is 643 g/mol. The number of anilines is 1. The van der Waals surface area contributed by atoms with Gasteiger partial charge in [-0.05, 0) is 54.5 Å². The number of pyridine rings is 1. The van der Waals surface area contributed by atoms with Crippen LogP contribution in [0.25, 0.3) is 22.4 Å². The lowest BCUT2D eigenvalue weighted by Crippen LogP contribution is -2.40. The van der Waals surface area contributed by atoms with Crippen molar-refractivity contribution in [2.24, 2.45) is 20.0 Å². The van der Waals surface area contributed by atoms with E-state index in [0.717, 1.165) is 57.3 Å². The molecule has 3 N–H and O–H groups in total. The molecule has 1 fully saturated rings. The van der Waals surface area contributed by atoms with Gasteiger partial charge in [0.2, 0.25) is 11.8 Å². The normalized spacial score (nSPS) is 17.1. The van der Waals surface area contributed by atoms with Crippen LogP contribution >= 0.6 is 11.6 Å². The smallest absolute Gasteiger partial charge is 0.330 e. The maximum Gasteiger partial charge on any atom is 0.330 e. The van der Waals surface area contributed by atoms with E-state index in [9.17, 15) is 19.2 Å². The number of aryl methyl sites for hydroxylation is 2. The van der Waals surface area contributed by atoms with Crippen LogP contribution in [0.5, 0.6) is 5.88 Å². The van der Waals surface area contributed by atoms with Crippen LogP contribution in [0.3, 0.4) is 0 Å². The van der Waals surface area contributed by atoms with E-state index >= 15 is 0 Å². The number of hydrogen-bond donors (Lipinski definition) is 3. The van der Waals surface area contributed by atoms with Crippen molar-refractivity contribution < 1.29 is 14.3 Å². The summed E-state index contributed by atoms with van der Waals surface area (Å²) in [6, 6.07) is 13.4. The summed E-state index contributed by atoms with van der Waals surface area (Å²) in [5, 5.41) is 9.84.